The van der Waals surface area contributed by atoms with E-state index in [0.29, 0.717) is 34.6 Å². The first-order valence-electron chi connectivity index (χ1n) is 9.22. The molecule has 29 heavy (non-hydrogen) atoms. The number of hydrogen-bond donors (Lipinski definition) is 1. The second-order valence-electron chi connectivity index (χ2n) is 6.37. The maximum Gasteiger partial charge on any atom is 0.349 e. The lowest BCUT2D eigenvalue weighted by Gasteiger charge is -2.07. The van der Waals surface area contributed by atoms with Crippen LogP contribution in [0.25, 0.3) is 11.0 Å². The van der Waals surface area contributed by atoms with Crippen LogP contribution in [0.2, 0.25) is 0 Å². The van der Waals surface area contributed by atoms with Crippen LogP contribution in [0.4, 0.5) is 5.69 Å². The van der Waals surface area contributed by atoms with Crippen molar-refractivity contribution in [1.29, 1.82) is 0 Å². The zero-order valence-corrected chi connectivity index (χ0v) is 16.2. The third-order valence-electron chi connectivity index (χ3n) is 4.29. The summed E-state index contributed by atoms with van der Waals surface area (Å²) in [5.41, 5.74) is 0.310. The lowest BCUT2D eigenvalue weighted by molar-refractivity contribution is 0.0499. The van der Waals surface area contributed by atoms with Gasteiger partial charge in [-0.1, -0.05) is 13.3 Å². The molecule has 0 unspecified atom stereocenters. The second-order valence-corrected chi connectivity index (χ2v) is 6.37. The van der Waals surface area contributed by atoms with Crippen molar-refractivity contribution in [3.63, 3.8) is 0 Å². The predicted molar refractivity (Wildman–Crippen MR) is 109 cm³/mol. The molecule has 0 aliphatic heterocycles. The first-order valence-corrected chi connectivity index (χ1v) is 9.22. The topological polar surface area (TPSA) is 94.8 Å². The van der Waals surface area contributed by atoms with Crippen LogP contribution in [0.3, 0.4) is 0 Å². The van der Waals surface area contributed by atoms with Crippen LogP contribution in [-0.2, 0) is 4.74 Å². The van der Waals surface area contributed by atoms with Crippen molar-refractivity contribution in [2.45, 2.75) is 19.8 Å². The SMILES string of the molecule is CCCCOC(=O)c1ccc(NC(=O)c2cc3cc(OC)ccc3oc2=O)cc1. The second kappa shape index (κ2) is 9.05. The van der Waals surface area contributed by atoms with Gasteiger partial charge >= 0.3 is 11.6 Å². The van der Waals surface area contributed by atoms with Crippen molar-refractivity contribution in [3.05, 3.63) is 70.1 Å². The van der Waals surface area contributed by atoms with Gasteiger partial charge in [-0.25, -0.2) is 9.59 Å². The Kier molecular flexibility index (Phi) is 6.29. The van der Waals surface area contributed by atoms with Gasteiger partial charge in [0.05, 0.1) is 19.3 Å². The van der Waals surface area contributed by atoms with Gasteiger partial charge < -0.3 is 19.2 Å². The molecule has 0 atom stereocenters. The third kappa shape index (κ3) is 4.82. The fraction of sp³-hybridized carbons (Fsp3) is 0.227. The van der Waals surface area contributed by atoms with Crippen LogP contribution < -0.4 is 15.7 Å². The van der Waals surface area contributed by atoms with Crippen LogP contribution in [-0.4, -0.2) is 25.6 Å². The molecule has 1 heterocycles. The van der Waals surface area contributed by atoms with E-state index in [1.165, 1.54) is 13.2 Å². The van der Waals surface area contributed by atoms with Crippen molar-refractivity contribution in [1.82, 2.24) is 0 Å². The summed E-state index contributed by atoms with van der Waals surface area (Å²) in [5, 5.41) is 3.20. The molecule has 3 rings (SSSR count). The normalized spacial score (nSPS) is 10.6. The first-order chi connectivity index (χ1) is 14.0. The molecule has 0 saturated carbocycles. The summed E-state index contributed by atoms with van der Waals surface area (Å²) in [4.78, 5) is 36.6. The zero-order valence-electron chi connectivity index (χ0n) is 16.2. The monoisotopic (exact) mass is 395 g/mol. The van der Waals surface area contributed by atoms with Crippen LogP contribution >= 0.6 is 0 Å². The summed E-state index contributed by atoms with van der Waals surface area (Å²) < 4.78 is 15.5. The summed E-state index contributed by atoms with van der Waals surface area (Å²) in [6, 6.07) is 12.6. The van der Waals surface area contributed by atoms with E-state index in [0.717, 1.165) is 12.8 Å². The van der Waals surface area contributed by atoms with Crippen LogP contribution in [0.1, 0.15) is 40.5 Å². The molecule has 1 aromatic heterocycles. The van der Waals surface area contributed by atoms with Gasteiger partial charge in [0, 0.05) is 11.1 Å². The van der Waals surface area contributed by atoms with Gasteiger partial charge in [-0.05, 0) is 55.0 Å². The van der Waals surface area contributed by atoms with Gasteiger partial charge in [-0.3, -0.25) is 4.79 Å². The number of ether oxygens (including phenoxy) is 2. The smallest absolute Gasteiger partial charge is 0.349 e. The number of nitrogens with one attached hydrogen (secondary N) is 1. The molecule has 0 saturated heterocycles. The Labute approximate surface area is 167 Å². The number of amides is 1. The summed E-state index contributed by atoms with van der Waals surface area (Å²) in [5.74, 6) is -0.443. The number of carbonyl (C=O) groups is 2. The fourth-order valence-corrected chi connectivity index (χ4v) is 2.67. The molecule has 0 bridgehead atoms. The van der Waals surface area contributed by atoms with Gasteiger partial charge in [0.2, 0.25) is 0 Å². The number of esters is 1. The van der Waals surface area contributed by atoms with Crippen LogP contribution in [0.5, 0.6) is 5.75 Å². The molecule has 0 spiro atoms. The minimum atomic E-state index is -0.740. The maximum absolute atomic E-state index is 12.5. The molecule has 3 aromatic rings. The number of unbranched alkanes of at least 4 members (excludes halogenated alkanes) is 1. The van der Waals surface area contributed by atoms with Crippen LogP contribution in [0, 0.1) is 0 Å². The van der Waals surface area contributed by atoms with Gasteiger partial charge in [-0.15, -0.1) is 0 Å². The van der Waals surface area contributed by atoms with E-state index in [1.54, 1.807) is 42.5 Å². The number of benzene rings is 2. The van der Waals surface area contributed by atoms with Crippen molar-refractivity contribution in [3.8, 4) is 5.75 Å². The van der Waals surface area contributed by atoms with Crippen molar-refractivity contribution in [2.24, 2.45) is 0 Å². The van der Waals surface area contributed by atoms with Crippen molar-refractivity contribution in [2.75, 3.05) is 19.0 Å². The molecular weight excluding hydrogens is 374 g/mol. The van der Waals surface area contributed by atoms with Crippen molar-refractivity contribution >= 4 is 28.5 Å². The number of hydrogen-bond acceptors (Lipinski definition) is 6. The Hall–Kier alpha value is -3.61. The average molecular weight is 395 g/mol. The molecule has 7 heteroatoms. The minimum Gasteiger partial charge on any atom is -0.497 e. The van der Waals surface area contributed by atoms with Crippen molar-refractivity contribution < 1.29 is 23.5 Å². The van der Waals surface area contributed by atoms with Gasteiger partial charge in [0.15, 0.2) is 0 Å². The Morgan fingerprint density at radius 3 is 2.52 bits per heavy atom. The highest BCUT2D eigenvalue weighted by Crippen LogP contribution is 2.21. The number of fused-ring (bicyclic) bond motifs is 1. The first kappa shape index (κ1) is 20.1. The lowest BCUT2D eigenvalue weighted by Crippen LogP contribution is -2.20. The highest BCUT2D eigenvalue weighted by Gasteiger charge is 2.15. The lowest BCUT2D eigenvalue weighted by atomic mass is 10.1. The fourth-order valence-electron chi connectivity index (χ4n) is 2.67. The third-order valence-corrected chi connectivity index (χ3v) is 4.29. The van der Waals surface area contributed by atoms with E-state index in [4.69, 9.17) is 13.9 Å². The molecule has 0 aliphatic carbocycles. The molecule has 0 fully saturated rings. The van der Waals surface area contributed by atoms with E-state index in [9.17, 15) is 14.4 Å². The maximum atomic E-state index is 12.5. The summed E-state index contributed by atoms with van der Waals surface area (Å²) in [7, 11) is 1.52. The molecular formula is C22H21NO6. The molecule has 7 nitrogen and oxygen atoms in total. The van der Waals surface area contributed by atoms with Crippen LogP contribution in [0.15, 0.2) is 57.7 Å². The average Bonchev–Trinajstić information content (AvgIpc) is 2.73. The Bertz CT molecular complexity index is 1080. The molecule has 2 aromatic carbocycles. The summed E-state index contributed by atoms with van der Waals surface area (Å²) in [6.45, 7) is 2.38. The minimum absolute atomic E-state index is 0.131. The Morgan fingerprint density at radius 1 is 1.07 bits per heavy atom. The summed E-state index contributed by atoms with van der Waals surface area (Å²) in [6.07, 6.45) is 1.74. The molecule has 150 valence electrons. The van der Waals surface area contributed by atoms with E-state index < -0.39 is 17.5 Å². The highest BCUT2D eigenvalue weighted by molar-refractivity contribution is 6.05. The van der Waals surface area contributed by atoms with E-state index in [-0.39, 0.29) is 5.56 Å². The number of rotatable bonds is 7. The van der Waals surface area contributed by atoms with E-state index in [1.807, 2.05) is 6.92 Å². The van der Waals surface area contributed by atoms with E-state index in [2.05, 4.69) is 5.32 Å². The largest absolute Gasteiger partial charge is 0.497 e. The predicted octanol–water partition coefficient (Wildman–Crippen LogP) is 4.01. The number of anilines is 1. The van der Waals surface area contributed by atoms with E-state index >= 15 is 0 Å². The molecule has 1 amide bonds. The molecule has 0 aliphatic rings. The van der Waals surface area contributed by atoms with Gasteiger partial charge in [0.25, 0.3) is 5.91 Å². The Balaban J connectivity index is 1.75. The quantitative estimate of drug-likeness (QED) is 0.369. The standard InChI is InChI=1S/C22H21NO6/c1-3-4-11-28-21(25)14-5-7-16(8-6-14)23-20(24)18-13-15-12-17(27-2)9-10-19(15)29-22(18)26/h5-10,12-13H,3-4,11H2,1-2H3,(H,23,24). The zero-order chi connectivity index (χ0) is 20.8. The van der Waals surface area contributed by atoms with Gasteiger partial charge in [0.1, 0.15) is 16.9 Å². The number of carbonyl (C=O) groups excluding carboxylic acids is 2. The molecule has 0 radical (unpaired) electrons. The Morgan fingerprint density at radius 2 is 1.83 bits per heavy atom. The van der Waals surface area contributed by atoms with Gasteiger partial charge in [-0.2, -0.15) is 0 Å². The summed E-state index contributed by atoms with van der Waals surface area (Å²) >= 11 is 0. The highest BCUT2D eigenvalue weighted by atomic mass is 16.5. The molecule has 1 N–H and O–H groups in total. The number of methoxy groups -OCH3 is 1.